The zero-order valence-electron chi connectivity index (χ0n) is 17.3. The largest absolute Gasteiger partial charge is 0.318 e. The van der Waals surface area contributed by atoms with E-state index in [1.54, 1.807) is 0 Å². The van der Waals surface area contributed by atoms with Crippen molar-refractivity contribution in [3.05, 3.63) is 0 Å². The third kappa shape index (κ3) is 4.55. The van der Waals surface area contributed by atoms with Crippen LogP contribution >= 0.6 is 0 Å². The monoisotopic (exact) mass is 336 g/mol. The number of nitrogens with zero attached hydrogens (tertiary/aromatic N) is 1. The van der Waals surface area contributed by atoms with E-state index in [4.69, 9.17) is 0 Å². The first-order valence-corrected chi connectivity index (χ1v) is 10.9. The average Bonchev–Trinajstić information content (AvgIpc) is 2.99. The van der Waals surface area contributed by atoms with Crippen LogP contribution in [0.15, 0.2) is 0 Å². The molecule has 0 aromatic carbocycles. The Hall–Kier alpha value is -0.0800. The fraction of sp³-hybridized carbons (Fsp3) is 1.00. The summed E-state index contributed by atoms with van der Waals surface area (Å²) in [5, 5.41) is 3.46. The zero-order valence-corrected chi connectivity index (χ0v) is 17.3. The van der Waals surface area contributed by atoms with Crippen LogP contribution in [0.25, 0.3) is 0 Å². The van der Waals surface area contributed by atoms with E-state index in [0.717, 1.165) is 18.5 Å². The van der Waals surface area contributed by atoms with Gasteiger partial charge in [0.2, 0.25) is 0 Å². The van der Waals surface area contributed by atoms with Gasteiger partial charge in [-0.2, -0.15) is 0 Å². The molecule has 1 aliphatic heterocycles. The second kappa shape index (κ2) is 9.03. The lowest BCUT2D eigenvalue weighted by molar-refractivity contribution is 0.0570. The highest BCUT2D eigenvalue weighted by Crippen LogP contribution is 2.53. The summed E-state index contributed by atoms with van der Waals surface area (Å²) in [7, 11) is 2.12. The normalized spacial score (nSPS) is 25.9. The lowest BCUT2D eigenvalue weighted by Gasteiger charge is -2.46. The minimum Gasteiger partial charge on any atom is -0.318 e. The Morgan fingerprint density at radius 3 is 2.08 bits per heavy atom. The van der Waals surface area contributed by atoms with Crippen molar-refractivity contribution in [2.45, 2.75) is 97.9 Å². The average molecular weight is 337 g/mol. The van der Waals surface area contributed by atoms with Gasteiger partial charge in [0, 0.05) is 19.1 Å². The van der Waals surface area contributed by atoms with Gasteiger partial charge in [0.15, 0.2) is 0 Å². The maximum atomic E-state index is 3.46. The molecule has 1 aliphatic carbocycles. The van der Waals surface area contributed by atoms with Crippen LogP contribution in [0.1, 0.15) is 91.9 Å². The topological polar surface area (TPSA) is 15.3 Å². The molecule has 0 aromatic heterocycles. The van der Waals surface area contributed by atoms with Crippen molar-refractivity contribution in [1.82, 2.24) is 10.2 Å². The molecule has 1 saturated heterocycles. The molecule has 142 valence electrons. The fourth-order valence-corrected chi connectivity index (χ4v) is 5.83. The highest BCUT2D eigenvalue weighted by molar-refractivity contribution is 4.99. The van der Waals surface area contributed by atoms with Crippen LogP contribution in [0.2, 0.25) is 0 Å². The first kappa shape index (κ1) is 20.2. The van der Waals surface area contributed by atoms with E-state index in [1.165, 1.54) is 77.3 Å². The smallest absolute Gasteiger partial charge is 0.0246 e. The Balaban J connectivity index is 1.97. The molecule has 2 rings (SSSR count). The summed E-state index contributed by atoms with van der Waals surface area (Å²) in [6, 6.07) is 0.734. The third-order valence-corrected chi connectivity index (χ3v) is 7.58. The van der Waals surface area contributed by atoms with E-state index < -0.39 is 0 Å². The molecule has 2 unspecified atom stereocenters. The highest BCUT2D eigenvalue weighted by atomic mass is 15.2. The van der Waals surface area contributed by atoms with E-state index in [0.29, 0.717) is 10.8 Å². The van der Waals surface area contributed by atoms with E-state index in [2.05, 4.69) is 45.0 Å². The standard InChI is InChI=1S/C22H44N2/c1-6-9-21(10-7-2)11-13-22(14-12-21)15-16-24(18-22)20(17-23-5)19(4)8-3/h19-20,23H,6-18H2,1-5H3. The molecule has 24 heavy (non-hydrogen) atoms. The molecule has 0 radical (unpaired) electrons. The minimum absolute atomic E-state index is 0.657. The highest BCUT2D eigenvalue weighted by Gasteiger charge is 2.46. The third-order valence-electron chi connectivity index (χ3n) is 7.58. The number of likely N-dealkylation sites (tertiary alicyclic amines) is 1. The van der Waals surface area contributed by atoms with Crippen LogP contribution in [0.5, 0.6) is 0 Å². The number of rotatable bonds is 9. The first-order chi connectivity index (χ1) is 11.5. The summed E-state index contributed by atoms with van der Waals surface area (Å²) in [4.78, 5) is 2.84. The van der Waals surface area contributed by atoms with Gasteiger partial charge >= 0.3 is 0 Å². The molecule has 0 amide bonds. The van der Waals surface area contributed by atoms with E-state index >= 15 is 0 Å². The van der Waals surface area contributed by atoms with Gasteiger partial charge < -0.3 is 5.32 Å². The van der Waals surface area contributed by atoms with Crippen molar-refractivity contribution in [2.24, 2.45) is 16.7 Å². The number of hydrogen-bond donors (Lipinski definition) is 1. The quantitative estimate of drug-likeness (QED) is 0.600. The van der Waals surface area contributed by atoms with Crippen LogP contribution in [0, 0.1) is 16.7 Å². The molecule has 2 heteroatoms. The Morgan fingerprint density at radius 1 is 0.958 bits per heavy atom. The molecule has 2 aliphatic rings. The number of nitrogens with one attached hydrogen (secondary N) is 1. The summed E-state index contributed by atoms with van der Waals surface area (Å²) in [5.41, 5.74) is 1.35. The van der Waals surface area contributed by atoms with Crippen molar-refractivity contribution in [3.8, 4) is 0 Å². The molecule has 2 nitrogen and oxygen atoms in total. The second-order valence-electron chi connectivity index (χ2n) is 9.23. The molecule has 0 aromatic rings. The number of hydrogen-bond acceptors (Lipinski definition) is 2. The molecular weight excluding hydrogens is 292 g/mol. The molecule has 1 heterocycles. The van der Waals surface area contributed by atoms with Gasteiger partial charge in [-0.3, -0.25) is 4.90 Å². The van der Waals surface area contributed by atoms with Crippen LogP contribution in [-0.2, 0) is 0 Å². The summed E-state index contributed by atoms with van der Waals surface area (Å²) in [5.74, 6) is 0.801. The first-order valence-electron chi connectivity index (χ1n) is 10.9. The van der Waals surface area contributed by atoms with E-state index in [9.17, 15) is 0 Å². The molecule has 2 atom stereocenters. The maximum Gasteiger partial charge on any atom is 0.0246 e. The molecule has 1 saturated carbocycles. The van der Waals surface area contributed by atoms with Gasteiger partial charge in [-0.1, -0.05) is 47.0 Å². The van der Waals surface area contributed by atoms with Crippen molar-refractivity contribution in [1.29, 1.82) is 0 Å². The van der Waals surface area contributed by atoms with Gasteiger partial charge in [0.25, 0.3) is 0 Å². The van der Waals surface area contributed by atoms with Gasteiger partial charge in [0.05, 0.1) is 0 Å². The van der Waals surface area contributed by atoms with Crippen molar-refractivity contribution in [2.75, 3.05) is 26.7 Å². The maximum absolute atomic E-state index is 3.46. The van der Waals surface area contributed by atoms with Crippen LogP contribution in [0.3, 0.4) is 0 Å². The predicted molar refractivity (Wildman–Crippen MR) is 107 cm³/mol. The Labute approximate surface area is 152 Å². The number of likely N-dealkylation sites (N-methyl/N-ethyl adjacent to an activating group) is 1. The van der Waals surface area contributed by atoms with Crippen LogP contribution < -0.4 is 5.32 Å². The molecule has 1 spiro atoms. The molecule has 2 fully saturated rings. The van der Waals surface area contributed by atoms with Crippen LogP contribution in [0.4, 0.5) is 0 Å². The lowest BCUT2D eigenvalue weighted by atomic mass is 9.60. The molecule has 0 bridgehead atoms. The van der Waals surface area contributed by atoms with Gasteiger partial charge in [-0.05, 0) is 75.3 Å². The Bertz CT molecular complexity index is 349. The van der Waals surface area contributed by atoms with Gasteiger partial charge in [0.1, 0.15) is 0 Å². The lowest BCUT2D eigenvalue weighted by Crippen LogP contribution is -2.46. The van der Waals surface area contributed by atoms with Crippen molar-refractivity contribution >= 4 is 0 Å². The summed E-state index contributed by atoms with van der Waals surface area (Å²) < 4.78 is 0. The van der Waals surface area contributed by atoms with Gasteiger partial charge in [-0.15, -0.1) is 0 Å². The van der Waals surface area contributed by atoms with Crippen molar-refractivity contribution < 1.29 is 0 Å². The van der Waals surface area contributed by atoms with Crippen molar-refractivity contribution in [3.63, 3.8) is 0 Å². The predicted octanol–water partition coefficient (Wildman–Crippen LogP) is 5.47. The molecule has 1 N–H and O–H groups in total. The summed E-state index contributed by atoms with van der Waals surface area (Å²) >= 11 is 0. The summed E-state index contributed by atoms with van der Waals surface area (Å²) in [6.07, 6.45) is 14.4. The Kier molecular flexibility index (Phi) is 7.61. The fourth-order valence-electron chi connectivity index (χ4n) is 5.83. The van der Waals surface area contributed by atoms with E-state index in [1.807, 2.05) is 0 Å². The van der Waals surface area contributed by atoms with E-state index in [-0.39, 0.29) is 0 Å². The van der Waals surface area contributed by atoms with Crippen LogP contribution in [-0.4, -0.2) is 37.6 Å². The zero-order chi connectivity index (χ0) is 17.6. The SMILES string of the molecule is CCCC1(CCC)CCC2(CCN(C(CNC)C(C)CC)C2)CC1. The Morgan fingerprint density at radius 2 is 1.58 bits per heavy atom. The second-order valence-corrected chi connectivity index (χ2v) is 9.23. The van der Waals surface area contributed by atoms with Gasteiger partial charge in [-0.25, -0.2) is 0 Å². The minimum atomic E-state index is 0.657. The summed E-state index contributed by atoms with van der Waals surface area (Å²) in [6.45, 7) is 13.4. The molecular formula is C22H44N2.